The molecule has 6 heteroatoms. The molecule has 0 fully saturated rings. The standard InChI is InChI=1S/C20H35N3O3/c1-6-21-20(22-10-7-11-25-13-12-24-5)23-15-18-9-8-17(4)14-19(18)26-16(2)3/h8-9,14,16H,6-7,10-13,15H2,1-5H3,(H2,21,22,23). The van der Waals surface area contributed by atoms with E-state index >= 15 is 0 Å². The van der Waals surface area contributed by atoms with Crippen molar-refractivity contribution >= 4 is 5.96 Å². The van der Waals surface area contributed by atoms with E-state index in [9.17, 15) is 0 Å². The van der Waals surface area contributed by atoms with Gasteiger partial charge in [-0.1, -0.05) is 12.1 Å². The average molecular weight is 366 g/mol. The molecule has 0 saturated heterocycles. The van der Waals surface area contributed by atoms with Crippen molar-refractivity contribution in [3.05, 3.63) is 29.3 Å². The van der Waals surface area contributed by atoms with Crippen LogP contribution in [0.25, 0.3) is 0 Å². The van der Waals surface area contributed by atoms with Crippen LogP contribution in [0.3, 0.4) is 0 Å². The van der Waals surface area contributed by atoms with Gasteiger partial charge in [-0.05, 0) is 45.7 Å². The van der Waals surface area contributed by atoms with Crippen molar-refractivity contribution in [2.75, 3.05) is 40.0 Å². The molecule has 26 heavy (non-hydrogen) atoms. The molecule has 0 bridgehead atoms. The van der Waals surface area contributed by atoms with Crippen molar-refractivity contribution in [2.24, 2.45) is 4.99 Å². The van der Waals surface area contributed by atoms with Gasteiger partial charge < -0.3 is 24.8 Å². The zero-order chi connectivity index (χ0) is 19.2. The van der Waals surface area contributed by atoms with Crippen LogP contribution in [0.1, 0.15) is 38.3 Å². The Bertz CT molecular complexity index is 533. The van der Waals surface area contributed by atoms with Crippen LogP contribution in [-0.4, -0.2) is 52.1 Å². The summed E-state index contributed by atoms with van der Waals surface area (Å²) in [6.45, 7) is 12.4. The molecule has 0 spiro atoms. The van der Waals surface area contributed by atoms with Gasteiger partial charge in [-0.25, -0.2) is 4.99 Å². The highest BCUT2D eigenvalue weighted by atomic mass is 16.5. The topological polar surface area (TPSA) is 64.1 Å². The Balaban J connectivity index is 2.55. The fourth-order valence-corrected chi connectivity index (χ4v) is 2.29. The molecule has 1 rings (SSSR count). The average Bonchev–Trinajstić information content (AvgIpc) is 2.59. The van der Waals surface area contributed by atoms with Gasteiger partial charge in [-0.2, -0.15) is 0 Å². The lowest BCUT2D eigenvalue weighted by Gasteiger charge is -2.15. The fraction of sp³-hybridized carbons (Fsp3) is 0.650. The Morgan fingerprint density at radius 3 is 2.65 bits per heavy atom. The van der Waals surface area contributed by atoms with Gasteiger partial charge in [0.25, 0.3) is 0 Å². The van der Waals surface area contributed by atoms with Crippen molar-refractivity contribution < 1.29 is 14.2 Å². The molecule has 2 N–H and O–H groups in total. The van der Waals surface area contributed by atoms with Gasteiger partial charge >= 0.3 is 0 Å². The molecule has 0 saturated carbocycles. The summed E-state index contributed by atoms with van der Waals surface area (Å²) in [6.07, 6.45) is 1.06. The first kappa shape index (κ1) is 22.3. The zero-order valence-electron chi connectivity index (χ0n) is 16.9. The molecular formula is C20H35N3O3. The van der Waals surface area contributed by atoms with Gasteiger partial charge in [0, 0.05) is 32.4 Å². The molecule has 0 aliphatic rings. The molecular weight excluding hydrogens is 330 g/mol. The zero-order valence-corrected chi connectivity index (χ0v) is 16.9. The van der Waals surface area contributed by atoms with E-state index in [1.807, 2.05) is 13.8 Å². The summed E-state index contributed by atoms with van der Waals surface area (Å²) >= 11 is 0. The summed E-state index contributed by atoms with van der Waals surface area (Å²) in [5, 5.41) is 6.61. The molecule has 0 unspecified atom stereocenters. The summed E-state index contributed by atoms with van der Waals surface area (Å²) in [5.41, 5.74) is 2.27. The van der Waals surface area contributed by atoms with E-state index in [2.05, 4.69) is 47.7 Å². The highest BCUT2D eigenvalue weighted by molar-refractivity contribution is 5.79. The van der Waals surface area contributed by atoms with E-state index in [1.165, 1.54) is 5.56 Å². The molecule has 1 aromatic rings. The van der Waals surface area contributed by atoms with Crippen LogP contribution in [-0.2, 0) is 16.0 Å². The van der Waals surface area contributed by atoms with Crippen molar-refractivity contribution in [2.45, 2.75) is 46.8 Å². The number of guanidine groups is 1. The minimum absolute atomic E-state index is 0.143. The largest absolute Gasteiger partial charge is 0.491 e. The van der Waals surface area contributed by atoms with E-state index in [0.717, 1.165) is 36.8 Å². The van der Waals surface area contributed by atoms with Crippen molar-refractivity contribution in [3.8, 4) is 5.75 Å². The summed E-state index contributed by atoms with van der Waals surface area (Å²) in [5.74, 6) is 1.71. The van der Waals surface area contributed by atoms with Crippen LogP contribution in [0.15, 0.2) is 23.2 Å². The van der Waals surface area contributed by atoms with Gasteiger partial charge in [0.1, 0.15) is 5.75 Å². The number of rotatable bonds is 12. The fourth-order valence-electron chi connectivity index (χ4n) is 2.29. The first-order valence-corrected chi connectivity index (χ1v) is 9.41. The van der Waals surface area contributed by atoms with Crippen LogP contribution in [0.5, 0.6) is 5.75 Å². The lowest BCUT2D eigenvalue weighted by atomic mass is 10.1. The highest BCUT2D eigenvalue weighted by Crippen LogP contribution is 2.22. The molecule has 0 aliphatic carbocycles. The van der Waals surface area contributed by atoms with Crippen LogP contribution in [0, 0.1) is 6.92 Å². The SMILES string of the molecule is CCNC(=NCc1ccc(C)cc1OC(C)C)NCCCOCCOC. The predicted molar refractivity (Wildman–Crippen MR) is 107 cm³/mol. The summed E-state index contributed by atoms with van der Waals surface area (Å²) in [6, 6.07) is 6.25. The third-order valence-corrected chi connectivity index (χ3v) is 3.53. The Hall–Kier alpha value is -1.79. The van der Waals surface area contributed by atoms with E-state index in [0.29, 0.717) is 26.4 Å². The molecule has 0 amide bonds. The Morgan fingerprint density at radius 2 is 1.96 bits per heavy atom. The summed E-state index contributed by atoms with van der Waals surface area (Å²) in [7, 11) is 1.68. The number of benzene rings is 1. The van der Waals surface area contributed by atoms with Gasteiger partial charge in [-0.3, -0.25) is 0 Å². The predicted octanol–water partition coefficient (Wildman–Crippen LogP) is 2.89. The molecule has 0 heterocycles. The minimum atomic E-state index is 0.143. The number of ether oxygens (including phenoxy) is 3. The molecule has 0 aliphatic heterocycles. The summed E-state index contributed by atoms with van der Waals surface area (Å²) in [4.78, 5) is 4.68. The number of nitrogens with zero attached hydrogens (tertiary/aromatic N) is 1. The third-order valence-electron chi connectivity index (χ3n) is 3.53. The Kier molecular flexibility index (Phi) is 11.5. The van der Waals surface area contributed by atoms with Crippen molar-refractivity contribution in [3.63, 3.8) is 0 Å². The normalized spacial score (nSPS) is 11.7. The van der Waals surface area contributed by atoms with Crippen molar-refractivity contribution in [1.82, 2.24) is 10.6 Å². The second-order valence-electron chi connectivity index (χ2n) is 6.36. The second kappa shape index (κ2) is 13.4. The van der Waals surface area contributed by atoms with E-state index in [-0.39, 0.29) is 6.10 Å². The maximum atomic E-state index is 5.93. The third kappa shape index (κ3) is 9.63. The number of aryl methyl sites for hydroxylation is 1. The Morgan fingerprint density at radius 1 is 1.15 bits per heavy atom. The number of hydrogen-bond donors (Lipinski definition) is 2. The maximum Gasteiger partial charge on any atom is 0.191 e. The molecule has 1 aromatic carbocycles. The molecule has 0 atom stereocenters. The van der Waals surface area contributed by atoms with Gasteiger partial charge in [0.15, 0.2) is 5.96 Å². The smallest absolute Gasteiger partial charge is 0.191 e. The van der Waals surface area contributed by atoms with Crippen molar-refractivity contribution in [1.29, 1.82) is 0 Å². The van der Waals surface area contributed by atoms with Gasteiger partial charge in [-0.15, -0.1) is 0 Å². The van der Waals surface area contributed by atoms with Gasteiger partial charge in [0.2, 0.25) is 0 Å². The molecule has 0 aromatic heterocycles. The van der Waals surface area contributed by atoms with Crippen LogP contribution < -0.4 is 15.4 Å². The quantitative estimate of drug-likeness (QED) is 0.339. The van der Waals surface area contributed by atoms with Crippen LogP contribution in [0.4, 0.5) is 0 Å². The Labute approximate surface area is 158 Å². The summed E-state index contributed by atoms with van der Waals surface area (Å²) < 4.78 is 16.3. The maximum absolute atomic E-state index is 5.93. The van der Waals surface area contributed by atoms with E-state index < -0.39 is 0 Å². The monoisotopic (exact) mass is 365 g/mol. The number of methoxy groups -OCH3 is 1. The second-order valence-corrected chi connectivity index (χ2v) is 6.36. The lowest BCUT2D eigenvalue weighted by Crippen LogP contribution is -2.38. The molecule has 148 valence electrons. The molecule has 0 radical (unpaired) electrons. The lowest BCUT2D eigenvalue weighted by molar-refractivity contribution is 0.0698. The number of hydrogen-bond acceptors (Lipinski definition) is 4. The first-order valence-electron chi connectivity index (χ1n) is 9.41. The first-order chi connectivity index (χ1) is 12.6. The number of aliphatic imine (C=N–C) groups is 1. The van der Waals surface area contributed by atoms with E-state index in [1.54, 1.807) is 7.11 Å². The van der Waals surface area contributed by atoms with Gasteiger partial charge in [0.05, 0.1) is 25.9 Å². The van der Waals surface area contributed by atoms with E-state index in [4.69, 9.17) is 14.2 Å². The molecule has 6 nitrogen and oxygen atoms in total. The van der Waals surface area contributed by atoms with Crippen LogP contribution in [0.2, 0.25) is 0 Å². The minimum Gasteiger partial charge on any atom is -0.491 e. The number of nitrogens with one attached hydrogen (secondary N) is 2. The highest BCUT2D eigenvalue weighted by Gasteiger charge is 2.06. The van der Waals surface area contributed by atoms with Crippen LogP contribution >= 0.6 is 0 Å².